The van der Waals surface area contributed by atoms with Crippen molar-refractivity contribution in [3.8, 4) is 5.75 Å². The van der Waals surface area contributed by atoms with E-state index in [9.17, 15) is 14.4 Å². The predicted octanol–water partition coefficient (Wildman–Crippen LogP) is 7.31. The third-order valence-electron chi connectivity index (χ3n) is 5.78. The number of rotatable bonds is 9. The van der Waals surface area contributed by atoms with E-state index in [4.69, 9.17) is 27.9 Å². The van der Waals surface area contributed by atoms with Gasteiger partial charge in [0.1, 0.15) is 11.4 Å². The molecule has 0 saturated carbocycles. The first-order valence-electron chi connectivity index (χ1n) is 12.1. The maximum absolute atomic E-state index is 13.2. The summed E-state index contributed by atoms with van der Waals surface area (Å²) >= 11 is 12.3. The molecule has 0 radical (unpaired) electrons. The average molecular weight is 571 g/mol. The van der Waals surface area contributed by atoms with Crippen LogP contribution in [0.15, 0.2) is 109 Å². The largest absolute Gasteiger partial charge is 0.497 e. The number of ketones is 1. The monoisotopic (exact) mass is 570 g/mol. The summed E-state index contributed by atoms with van der Waals surface area (Å²) in [7, 11) is 1.56. The molecule has 0 fully saturated rings. The van der Waals surface area contributed by atoms with Gasteiger partial charge in [-0.3, -0.25) is 14.4 Å². The van der Waals surface area contributed by atoms with Crippen LogP contribution in [0.25, 0.3) is 12.2 Å². The molecule has 200 valence electrons. The molecule has 0 aliphatic rings. The van der Waals surface area contributed by atoms with Crippen molar-refractivity contribution in [2.45, 2.75) is 0 Å². The van der Waals surface area contributed by atoms with Crippen LogP contribution in [0.2, 0.25) is 10.0 Å². The predicted molar refractivity (Wildman–Crippen MR) is 160 cm³/mol. The lowest BCUT2D eigenvalue weighted by Gasteiger charge is -2.12. The number of allylic oxidation sites excluding steroid dienone is 1. The molecule has 0 spiro atoms. The average Bonchev–Trinajstić information content (AvgIpc) is 2.97. The Hall–Kier alpha value is -4.65. The van der Waals surface area contributed by atoms with E-state index in [2.05, 4.69) is 10.6 Å². The Bertz CT molecular complexity index is 1560. The molecule has 0 aromatic heterocycles. The standard InChI is InChI=1S/C32H24Cl2N2O4/c1-40-25-16-10-21(11-17-25)20-29(36-31(38)23-6-3-2-4-7-23)32(39)35-24-14-12-22(13-15-24)30(37)19-18-26-27(33)8-5-9-28(26)34/h2-20H,1H3,(H,35,39)(H,36,38)/b19-18+,29-20-. The molecule has 2 amide bonds. The highest BCUT2D eigenvalue weighted by Crippen LogP contribution is 2.26. The number of hydrogen-bond donors (Lipinski definition) is 2. The number of hydrogen-bond acceptors (Lipinski definition) is 4. The summed E-state index contributed by atoms with van der Waals surface area (Å²) < 4.78 is 5.19. The summed E-state index contributed by atoms with van der Waals surface area (Å²) in [6.07, 6.45) is 4.52. The Morgan fingerprint density at radius 1 is 0.750 bits per heavy atom. The summed E-state index contributed by atoms with van der Waals surface area (Å²) in [6.45, 7) is 0. The van der Waals surface area contributed by atoms with Gasteiger partial charge in [0.15, 0.2) is 5.78 Å². The van der Waals surface area contributed by atoms with E-state index in [1.165, 1.54) is 6.08 Å². The number of carbonyl (C=O) groups excluding carboxylic acids is 3. The van der Waals surface area contributed by atoms with Crippen LogP contribution in [-0.4, -0.2) is 24.7 Å². The van der Waals surface area contributed by atoms with Gasteiger partial charge in [0.2, 0.25) is 0 Å². The molecule has 8 heteroatoms. The summed E-state index contributed by atoms with van der Waals surface area (Å²) in [5.74, 6) is -0.561. The van der Waals surface area contributed by atoms with Crippen LogP contribution in [0.1, 0.15) is 31.8 Å². The summed E-state index contributed by atoms with van der Waals surface area (Å²) in [6, 6.07) is 27.1. The van der Waals surface area contributed by atoms with E-state index >= 15 is 0 Å². The highest BCUT2D eigenvalue weighted by atomic mass is 35.5. The molecule has 0 aliphatic heterocycles. The molecule has 0 saturated heterocycles. The highest BCUT2D eigenvalue weighted by Gasteiger charge is 2.15. The van der Waals surface area contributed by atoms with Gasteiger partial charge in [-0.1, -0.05) is 59.6 Å². The van der Waals surface area contributed by atoms with Crippen LogP contribution < -0.4 is 15.4 Å². The molecule has 6 nitrogen and oxygen atoms in total. The molecule has 40 heavy (non-hydrogen) atoms. The second-order valence-electron chi connectivity index (χ2n) is 8.52. The number of amides is 2. The normalized spacial score (nSPS) is 11.2. The molecule has 0 bridgehead atoms. The van der Waals surface area contributed by atoms with Crippen molar-refractivity contribution < 1.29 is 19.1 Å². The fourth-order valence-corrected chi connectivity index (χ4v) is 4.17. The summed E-state index contributed by atoms with van der Waals surface area (Å²) in [4.78, 5) is 38.7. The Morgan fingerprint density at radius 2 is 1.40 bits per heavy atom. The van der Waals surface area contributed by atoms with Gasteiger partial charge in [0, 0.05) is 32.4 Å². The second-order valence-corrected chi connectivity index (χ2v) is 9.33. The van der Waals surface area contributed by atoms with E-state index < -0.39 is 11.8 Å². The van der Waals surface area contributed by atoms with Crippen molar-refractivity contribution >= 4 is 58.6 Å². The van der Waals surface area contributed by atoms with E-state index in [1.807, 2.05) is 0 Å². The fourth-order valence-electron chi connectivity index (χ4n) is 3.65. The van der Waals surface area contributed by atoms with Crippen LogP contribution in [0.3, 0.4) is 0 Å². The smallest absolute Gasteiger partial charge is 0.272 e. The minimum absolute atomic E-state index is 0.0405. The first-order chi connectivity index (χ1) is 19.3. The summed E-state index contributed by atoms with van der Waals surface area (Å²) in [5, 5.41) is 6.34. The lowest BCUT2D eigenvalue weighted by atomic mass is 10.1. The molecule has 2 N–H and O–H groups in total. The molecule has 0 heterocycles. The first kappa shape index (κ1) is 28.4. The number of methoxy groups -OCH3 is 1. The van der Waals surface area contributed by atoms with Gasteiger partial charge in [-0.15, -0.1) is 0 Å². The van der Waals surface area contributed by atoms with Gasteiger partial charge in [-0.05, 0) is 84.5 Å². The molecule has 4 rings (SSSR count). The summed E-state index contributed by atoms with van der Waals surface area (Å²) in [5.41, 5.74) is 2.53. The zero-order valence-electron chi connectivity index (χ0n) is 21.4. The molecule has 0 unspecified atom stereocenters. The minimum atomic E-state index is -0.535. The van der Waals surface area contributed by atoms with Crippen LogP contribution in [0.4, 0.5) is 5.69 Å². The highest BCUT2D eigenvalue weighted by molar-refractivity contribution is 6.37. The first-order valence-corrected chi connectivity index (χ1v) is 12.9. The second kappa shape index (κ2) is 13.4. The molecular weight excluding hydrogens is 547 g/mol. The van der Waals surface area contributed by atoms with Crippen molar-refractivity contribution in [1.29, 1.82) is 0 Å². The molecule has 4 aromatic rings. The zero-order valence-corrected chi connectivity index (χ0v) is 22.9. The number of halogens is 2. The van der Waals surface area contributed by atoms with Crippen LogP contribution in [0, 0.1) is 0 Å². The van der Waals surface area contributed by atoms with E-state index in [1.54, 1.807) is 116 Å². The Morgan fingerprint density at radius 3 is 2.02 bits per heavy atom. The van der Waals surface area contributed by atoms with Crippen molar-refractivity contribution in [3.05, 3.63) is 141 Å². The van der Waals surface area contributed by atoms with Gasteiger partial charge in [0.25, 0.3) is 11.8 Å². The quantitative estimate of drug-likeness (QED) is 0.163. The van der Waals surface area contributed by atoms with Crippen LogP contribution >= 0.6 is 23.2 Å². The Labute approximate surface area is 241 Å². The van der Waals surface area contributed by atoms with Gasteiger partial charge in [-0.25, -0.2) is 0 Å². The number of ether oxygens (including phenoxy) is 1. The van der Waals surface area contributed by atoms with Gasteiger partial charge in [0.05, 0.1) is 7.11 Å². The molecule has 4 aromatic carbocycles. The third kappa shape index (κ3) is 7.47. The van der Waals surface area contributed by atoms with Gasteiger partial charge < -0.3 is 15.4 Å². The number of nitrogens with one attached hydrogen (secondary N) is 2. The molecule has 0 aliphatic carbocycles. The molecular formula is C32H24Cl2N2O4. The molecule has 0 atom stereocenters. The lowest BCUT2D eigenvalue weighted by Crippen LogP contribution is -2.30. The van der Waals surface area contributed by atoms with Crippen molar-refractivity contribution in [2.75, 3.05) is 12.4 Å². The third-order valence-corrected chi connectivity index (χ3v) is 6.44. The Balaban J connectivity index is 1.50. The van der Waals surface area contributed by atoms with E-state index in [-0.39, 0.29) is 11.5 Å². The van der Waals surface area contributed by atoms with Crippen molar-refractivity contribution in [2.24, 2.45) is 0 Å². The maximum Gasteiger partial charge on any atom is 0.272 e. The van der Waals surface area contributed by atoms with E-state index in [0.717, 1.165) is 0 Å². The van der Waals surface area contributed by atoms with E-state index in [0.29, 0.717) is 43.7 Å². The van der Waals surface area contributed by atoms with Crippen LogP contribution in [-0.2, 0) is 4.79 Å². The number of carbonyl (C=O) groups is 3. The van der Waals surface area contributed by atoms with Gasteiger partial charge in [-0.2, -0.15) is 0 Å². The van der Waals surface area contributed by atoms with Crippen molar-refractivity contribution in [1.82, 2.24) is 5.32 Å². The van der Waals surface area contributed by atoms with Crippen LogP contribution in [0.5, 0.6) is 5.75 Å². The number of benzene rings is 4. The Kier molecular flexibility index (Phi) is 9.52. The fraction of sp³-hybridized carbons (Fsp3) is 0.0312. The maximum atomic E-state index is 13.2. The SMILES string of the molecule is COc1ccc(/C=C(\NC(=O)c2ccccc2)C(=O)Nc2ccc(C(=O)/C=C/c3c(Cl)cccc3Cl)cc2)cc1. The number of anilines is 1. The zero-order chi connectivity index (χ0) is 28.5. The minimum Gasteiger partial charge on any atom is -0.497 e. The topological polar surface area (TPSA) is 84.5 Å². The lowest BCUT2D eigenvalue weighted by molar-refractivity contribution is -0.113. The van der Waals surface area contributed by atoms with Crippen molar-refractivity contribution in [3.63, 3.8) is 0 Å². The van der Waals surface area contributed by atoms with Gasteiger partial charge >= 0.3 is 0 Å².